The van der Waals surface area contributed by atoms with Crippen LogP contribution in [0.1, 0.15) is 25.9 Å². The Morgan fingerprint density at radius 2 is 1.52 bits per heavy atom. The molecule has 0 aliphatic rings. The third kappa shape index (κ3) is 2.75. The van der Waals surface area contributed by atoms with E-state index in [-0.39, 0.29) is 6.17 Å². The maximum atomic E-state index is 4.64. The van der Waals surface area contributed by atoms with E-state index in [2.05, 4.69) is 53.3 Å². The van der Waals surface area contributed by atoms with Gasteiger partial charge in [0.2, 0.25) is 0 Å². The van der Waals surface area contributed by atoms with Crippen molar-refractivity contribution >= 4 is 16.7 Å². The van der Waals surface area contributed by atoms with Crippen molar-refractivity contribution in [3.05, 3.63) is 54.6 Å². The number of anilines is 1. The number of nitrogens with zero attached hydrogens (tertiary/aromatic N) is 4. The Morgan fingerprint density at radius 1 is 0.952 bits per heavy atom. The summed E-state index contributed by atoms with van der Waals surface area (Å²) in [7, 11) is 2.10. The lowest BCUT2D eigenvalue weighted by Crippen LogP contribution is -2.30. The van der Waals surface area contributed by atoms with Crippen LogP contribution in [0.25, 0.3) is 11.0 Å². The van der Waals surface area contributed by atoms with Crippen LogP contribution in [0.5, 0.6) is 0 Å². The van der Waals surface area contributed by atoms with Crippen molar-refractivity contribution in [2.45, 2.75) is 25.9 Å². The largest absolute Gasteiger partial charge is 0.351 e. The van der Waals surface area contributed by atoms with E-state index >= 15 is 0 Å². The van der Waals surface area contributed by atoms with Gasteiger partial charge in [0.25, 0.3) is 0 Å². The second-order valence-electron chi connectivity index (χ2n) is 5.22. The quantitative estimate of drug-likeness (QED) is 0.711. The fraction of sp³-hybridized carbons (Fsp3) is 0.294. The van der Waals surface area contributed by atoms with Crippen LogP contribution in [0, 0.1) is 0 Å². The number of fused-ring (bicyclic) bond motifs is 1. The molecule has 0 radical (unpaired) electrons. The molecule has 3 rings (SSSR count). The molecule has 0 aliphatic heterocycles. The molecule has 21 heavy (non-hydrogen) atoms. The maximum Gasteiger partial charge on any atom is 0.142 e. The number of para-hydroxylation sites is 1. The first-order valence-electron chi connectivity index (χ1n) is 7.39. The van der Waals surface area contributed by atoms with Crippen LogP contribution in [0.2, 0.25) is 0 Å². The Labute approximate surface area is 125 Å². The zero-order valence-electron chi connectivity index (χ0n) is 12.5. The van der Waals surface area contributed by atoms with Crippen LogP contribution in [-0.4, -0.2) is 22.0 Å². The Kier molecular flexibility index (Phi) is 3.86. The molecule has 1 aromatic heterocycles. The summed E-state index contributed by atoms with van der Waals surface area (Å²) in [5.41, 5.74) is 3.07. The summed E-state index contributed by atoms with van der Waals surface area (Å²) in [5, 5.41) is 9.28. The average Bonchev–Trinajstić information content (AvgIpc) is 2.96. The highest BCUT2D eigenvalue weighted by molar-refractivity contribution is 5.73. The van der Waals surface area contributed by atoms with Crippen molar-refractivity contribution in [1.29, 1.82) is 0 Å². The molecule has 3 aromatic rings. The van der Waals surface area contributed by atoms with Gasteiger partial charge in [0.15, 0.2) is 0 Å². The first kappa shape index (κ1) is 13.6. The highest BCUT2D eigenvalue weighted by atomic mass is 15.5. The minimum absolute atomic E-state index is 0.129. The molecule has 108 valence electrons. The van der Waals surface area contributed by atoms with Gasteiger partial charge >= 0.3 is 0 Å². The molecule has 0 bridgehead atoms. The Morgan fingerprint density at radius 3 is 2.10 bits per heavy atom. The van der Waals surface area contributed by atoms with Crippen LogP contribution in [-0.2, 0) is 0 Å². The van der Waals surface area contributed by atoms with Crippen LogP contribution in [0.3, 0.4) is 0 Å². The lowest BCUT2D eigenvalue weighted by Gasteiger charge is -2.29. The van der Waals surface area contributed by atoms with E-state index in [0.717, 1.165) is 23.9 Å². The third-order valence-corrected chi connectivity index (χ3v) is 3.73. The highest BCUT2D eigenvalue weighted by Gasteiger charge is 2.19. The minimum Gasteiger partial charge on any atom is -0.351 e. The standard InChI is InChI=1S/C17H20N4/c1-3-9-17(20(2)14-10-5-4-6-11-14)21-18-15-12-7-8-13-16(15)19-21/h4-8,10-13,17H,3,9H2,1-2H3. The van der Waals surface area contributed by atoms with Crippen molar-refractivity contribution < 1.29 is 0 Å². The zero-order chi connectivity index (χ0) is 14.7. The number of hydrogen-bond donors (Lipinski definition) is 0. The lowest BCUT2D eigenvalue weighted by molar-refractivity contribution is 0.376. The summed E-state index contributed by atoms with van der Waals surface area (Å²) >= 11 is 0. The van der Waals surface area contributed by atoms with Crippen LogP contribution < -0.4 is 4.90 Å². The molecule has 1 heterocycles. The molecule has 1 unspecified atom stereocenters. The van der Waals surface area contributed by atoms with Gasteiger partial charge in [0, 0.05) is 12.7 Å². The minimum atomic E-state index is 0.129. The van der Waals surface area contributed by atoms with Gasteiger partial charge in [-0.15, -0.1) is 0 Å². The van der Waals surface area contributed by atoms with E-state index in [1.165, 1.54) is 5.69 Å². The predicted molar refractivity (Wildman–Crippen MR) is 86.3 cm³/mol. The van der Waals surface area contributed by atoms with Crippen LogP contribution >= 0.6 is 0 Å². The molecule has 0 amide bonds. The molecule has 0 saturated carbocycles. The summed E-state index contributed by atoms with van der Waals surface area (Å²) in [6.45, 7) is 2.19. The SMILES string of the molecule is CCCC(N(C)c1ccccc1)n1nc2ccccc2n1. The summed E-state index contributed by atoms with van der Waals surface area (Å²) in [6, 6.07) is 18.4. The van der Waals surface area contributed by atoms with E-state index in [4.69, 9.17) is 0 Å². The smallest absolute Gasteiger partial charge is 0.142 e. The van der Waals surface area contributed by atoms with Crippen molar-refractivity contribution in [3.8, 4) is 0 Å². The zero-order valence-corrected chi connectivity index (χ0v) is 12.5. The van der Waals surface area contributed by atoms with E-state index in [1.54, 1.807) is 0 Å². The second kappa shape index (κ2) is 5.95. The number of rotatable bonds is 5. The van der Waals surface area contributed by atoms with Crippen LogP contribution in [0.4, 0.5) is 5.69 Å². The molecule has 2 aromatic carbocycles. The lowest BCUT2D eigenvalue weighted by atomic mass is 10.2. The summed E-state index contributed by atoms with van der Waals surface area (Å²) < 4.78 is 0. The van der Waals surface area contributed by atoms with Crippen LogP contribution in [0.15, 0.2) is 54.6 Å². The average molecular weight is 280 g/mol. The van der Waals surface area contributed by atoms with E-state index in [1.807, 2.05) is 35.1 Å². The van der Waals surface area contributed by atoms with Crippen molar-refractivity contribution in [2.75, 3.05) is 11.9 Å². The van der Waals surface area contributed by atoms with Crippen molar-refractivity contribution in [2.24, 2.45) is 0 Å². The van der Waals surface area contributed by atoms with E-state index in [0.29, 0.717) is 0 Å². The molecule has 0 N–H and O–H groups in total. The molecule has 4 heteroatoms. The first-order chi connectivity index (χ1) is 10.3. The summed E-state index contributed by atoms with van der Waals surface area (Å²) in [6.07, 6.45) is 2.22. The topological polar surface area (TPSA) is 34.0 Å². The van der Waals surface area contributed by atoms with E-state index in [9.17, 15) is 0 Å². The molecule has 0 fully saturated rings. The maximum absolute atomic E-state index is 4.64. The van der Waals surface area contributed by atoms with E-state index < -0.39 is 0 Å². The van der Waals surface area contributed by atoms with Gasteiger partial charge in [-0.25, -0.2) is 0 Å². The second-order valence-corrected chi connectivity index (χ2v) is 5.22. The van der Waals surface area contributed by atoms with Gasteiger partial charge in [-0.3, -0.25) is 0 Å². The van der Waals surface area contributed by atoms with Crippen molar-refractivity contribution in [1.82, 2.24) is 15.0 Å². The van der Waals surface area contributed by atoms with Gasteiger partial charge in [0.05, 0.1) is 0 Å². The summed E-state index contributed by atoms with van der Waals surface area (Å²) in [4.78, 5) is 4.09. The molecule has 0 saturated heterocycles. The molecule has 4 nitrogen and oxygen atoms in total. The fourth-order valence-corrected chi connectivity index (χ4v) is 2.57. The normalized spacial score (nSPS) is 12.5. The molecule has 0 aliphatic carbocycles. The molecular formula is C17H20N4. The molecule has 0 spiro atoms. The molecular weight excluding hydrogens is 260 g/mol. The number of hydrogen-bond acceptors (Lipinski definition) is 3. The predicted octanol–water partition coefficient (Wildman–Crippen LogP) is 3.87. The summed E-state index contributed by atoms with van der Waals surface area (Å²) in [5.74, 6) is 0. The number of aromatic nitrogens is 3. The first-order valence-corrected chi connectivity index (χ1v) is 7.39. The van der Waals surface area contributed by atoms with Gasteiger partial charge in [0.1, 0.15) is 17.2 Å². The number of benzene rings is 2. The third-order valence-electron chi connectivity index (χ3n) is 3.73. The van der Waals surface area contributed by atoms with Gasteiger partial charge in [-0.1, -0.05) is 43.7 Å². The monoisotopic (exact) mass is 280 g/mol. The Balaban J connectivity index is 1.97. The highest BCUT2D eigenvalue weighted by Crippen LogP contribution is 2.24. The fourth-order valence-electron chi connectivity index (χ4n) is 2.57. The van der Waals surface area contributed by atoms with Gasteiger partial charge < -0.3 is 4.90 Å². The van der Waals surface area contributed by atoms with Crippen molar-refractivity contribution in [3.63, 3.8) is 0 Å². The van der Waals surface area contributed by atoms with Gasteiger partial charge in [-0.05, 0) is 30.7 Å². The van der Waals surface area contributed by atoms with Gasteiger partial charge in [-0.2, -0.15) is 15.0 Å². The Hall–Kier alpha value is -2.36. The molecule has 1 atom stereocenters. The Bertz CT molecular complexity index is 672.